The van der Waals surface area contributed by atoms with Gasteiger partial charge < -0.3 is 95.0 Å². The maximum Gasteiger partial charge on any atom is 0.317 e. The first-order valence-electron chi connectivity index (χ1n) is 31.6. The number of carbonyl (C=O) groups is 4. The highest BCUT2D eigenvalue weighted by molar-refractivity contribution is 5.80. The molecule has 5 aliphatic carbocycles. The largest absolute Gasteiger partial charge is 0.481 e. The molecule has 24 nitrogen and oxygen atoms in total. The minimum atomic E-state index is -1.96. The number of nitrogens with one attached hydrogen (secondary N) is 2. The van der Waals surface area contributed by atoms with Crippen LogP contribution in [0.3, 0.4) is 0 Å². The van der Waals surface area contributed by atoms with Crippen LogP contribution >= 0.6 is 0 Å². The summed E-state index contributed by atoms with van der Waals surface area (Å²) in [6.07, 6.45) is -7.99. The summed E-state index contributed by atoms with van der Waals surface area (Å²) in [4.78, 5) is 57.7. The standard InChI is InChI=1S/C62H101N3O21/c1-33-51(84-53-49(77)46(74)36(67)30-80-53)48(76)50(78)54(82-33)85-52-47(75)45(65-42(70)17-15-13-11-9-10-12-14-16-18-44(72)73)37(29-66)83-55(52)86-56(79)62-26-25-57(2,3)27-35(62)34-19-20-39-58(4)23-22-40(68)59(5,32-64-81-31-43(71)63-8)38(58)21-24-60(39,6)61(34,7)28-41(62)69/h19,32-33,35-41,45-55,66-69,74-78H,9-18,20-31H2,1-8H3,(H,63,71)(H,65,70)(H,72,73)/b64-32+/t33?,35?,36-,37?,38-,39?,40+,41?,45+,46?,47?,48?,49?,50?,51+,52?,53+,54+,55+,58?,59-,60+,61-,62-/m1/s1. The van der Waals surface area contributed by atoms with Crippen LogP contribution in [0.25, 0.3) is 0 Å². The van der Waals surface area contributed by atoms with Crippen LogP contribution in [-0.4, -0.2) is 206 Å². The molecule has 490 valence electrons. The summed E-state index contributed by atoms with van der Waals surface area (Å²) in [5, 5.41) is 121. The fourth-order valence-corrected chi connectivity index (χ4v) is 17.0. The SMILES string of the molecule is CNC(=O)CO/N=C/[C@]1(C)[C@@H]2CC[C@@]3(C)C(CC=C4C5CC(C)(C)CC[C@]5(C(=O)O[C@@H]5OC(CO)[C@H](NC(=O)CCCCCCCCCCC(=O)O)C(O)C5O[C@@H]5OC(C)[C@H](O[C@@H]6OC[C@@H](O)C(O)C6O)C(O)C5O)C(O)C[C@]43C)C2(C)CC[C@@H]1O. The maximum atomic E-state index is 15.8. The van der Waals surface area contributed by atoms with Crippen LogP contribution in [0.4, 0.5) is 0 Å². The van der Waals surface area contributed by atoms with Crippen molar-refractivity contribution in [3.8, 4) is 0 Å². The number of aliphatic hydroxyl groups excluding tert-OH is 9. The number of ether oxygens (including phenoxy) is 6. The summed E-state index contributed by atoms with van der Waals surface area (Å²) in [6, 6.07) is -1.37. The van der Waals surface area contributed by atoms with Crippen molar-refractivity contribution < 1.29 is 104 Å². The highest BCUT2D eigenvalue weighted by atomic mass is 16.8. The minimum Gasteiger partial charge on any atom is -0.481 e. The Kier molecular flexibility index (Phi) is 21.9. The highest BCUT2D eigenvalue weighted by Gasteiger charge is 2.72. The summed E-state index contributed by atoms with van der Waals surface area (Å²) < 4.78 is 36.6. The second kappa shape index (κ2) is 27.6. The topological polar surface area (TPSA) is 372 Å². The monoisotopic (exact) mass is 1220 g/mol. The summed E-state index contributed by atoms with van der Waals surface area (Å²) in [7, 11) is 1.52. The van der Waals surface area contributed by atoms with E-state index < -0.39 is 157 Å². The molecule has 8 rings (SSSR count). The number of hydrogen-bond acceptors (Lipinski definition) is 21. The molecule has 24 atom stereocenters. The zero-order valence-corrected chi connectivity index (χ0v) is 51.6. The second-order valence-corrected chi connectivity index (χ2v) is 28.2. The number of likely N-dealkylation sites (N-methyl/N-ethyl adjacent to an activating group) is 1. The average molecular weight is 1220 g/mol. The summed E-state index contributed by atoms with van der Waals surface area (Å²) in [5.74, 6) is -2.91. The molecule has 4 saturated carbocycles. The van der Waals surface area contributed by atoms with Crippen molar-refractivity contribution in [1.82, 2.24) is 10.6 Å². The van der Waals surface area contributed by atoms with Crippen molar-refractivity contribution in [2.45, 2.75) is 269 Å². The van der Waals surface area contributed by atoms with Crippen LogP contribution in [-0.2, 0) is 52.4 Å². The lowest BCUT2D eigenvalue weighted by molar-refractivity contribution is -0.370. The van der Waals surface area contributed by atoms with E-state index in [1.165, 1.54) is 14.0 Å². The smallest absolute Gasteiger partial charge is 0.317 e. The van der Waals surface area contributed by atoms with E-state index in [-0.39, 0.29) is 60.9 Å². The van der Waals surface area contributed by atoms with Gasteiger partial charge in [-0.2, -0.15) is 0 Å². The van der Waals surface area contributed by atoms with Crippen molar-refractivity contribution in [1.29, 1.82) is 0 Å². The Bertz CT molecular complexity index is 2420. The Morgan fingerprint density at radius 3 is 2.02 bits per heavy atom. The Morgan fingerprint density at radius 2 is 1.36 bits per heavy atom. The number of carboxylic acid groups (broad SMARTS) is 1. The van der Waals surface area contributed by atoms with Gasteiger partial charge in [-0.3, -0.25) is 19.2 Å². The number of aliphatic carboxylic acids is 1. The van der Waals surface area contributed by atoms with E-state index in [2.05, 4.69) is 56.5 Å². The number of carboxylic acids is 1. The van der Waals surface area contributed by atoms with Gasteiger partial charge >= 0.3 is 11.9 Å². The molecule has 12 unspecified atom stereocenters. The number of nitrogens with zero attached hydrogens (tertiary/aromatic N) is 1. The Hall–Kier alpha value is -3.47. The van der Waals surface area contributed by atoms with Gasteiger partial charge in [0.05, 0.1) is 43.8 Å². The highest BCUT2D eigenvalue weighted by Crippen LogP contribution is 2.76. The van der Waals surface area contributed by atoms with E-state index in [0.717, 1.165) is 63.4 Å². The molecule has 24 heteroatoms. The zero-order chi connectivity index (χ0) is 62.9. The van der Waals surface area contributed by atoms with E-state index in [1.807, 2.05) is 6.92 Å². The van der Waals surface area contributed by atoms with Gasteiger partial charge in [-0.15, -0.1) is 0 Å². The summed E-state index contributed by atoms with van der Waals surface area (Å²) in [5.41, 5.74) is -2.87. The predicted molar refractivity (Wildman–Crippen MR) is 307 cm³/mol. The molecule has 86 heavy (non-hydrogen) atoms. The first-order chi connectivity index (χ1) is 40.5. The van der Waals surface area contributed by atoms with E-state index >= 15 is 4.79 Å². The van der Waals surface area contributed by atoms with Crippen LogP contribution in [0, 0.1) is 50.2 Å². The molecule has 8 aliphatic rings. The van der Waals surface area contributed by atoms with Crippen LogP contribution in [0.15, 0.2) is 16.8 Å². The van der Waals surface area contributed by atoms with Crippen molar-refractivity contribution in [3.05, 3.63) is 11.6 Å². The molecule has 7 fully saturated rings. The fourth-order valence-electron chi connectivity index (χ4n) is 17.0. The number of hydrogen-bond donors (Lipinski definition) is 12. The second-order valence-electron chi connectivity index (χ2n) is 28.2. The van der Waals surface area contributed by atoms with Gasteiger partial charge in [0.25, 0.3) is 5.91 Å². The predicted octanol–water partition coefficient (Wildman–Crippen LogP) is 2.62. The third-order valence-corrected chi connectivity index (χ3v) is 22.4. The number of esters is 1. The van der Waals surface area contributed by atoms with Gasteiger partial charge in [0.15, 0.2) is 25.3 Å². The maximum absolute atomic E-state index is 15.8. The molecule has 0 aromatic rings. The molecule has 0 aromatic carbocycles. The van der Waals surface area contributed by atoms with Crippen molar-refractivity contribution in [2.24, 2.45) is 55.4 Å². The number of oxime groups is 1. The lowest BCUT2D eigenvalue weighted by Gasteiger charge is -2.71. The number of unbranched alkanes of at least 4 members (excludes halogenated alkanes) is 7. The number of aliphatic hydroxyl groups is 9. The molecule has 2 amide bonds. The molecule has 3 saturated heterocycles. The lowest BCUT2D eigenvalue weighted by atomic mass is 9.33. The third-order valence-electron chi connectivity index (χ3n) is 22.4. The molecule has 12 N–H and O–H groups in total. The van der Waals surface area contributed by atoms with Crippen LogP contribution in [0.2, 0.25) is 0 Å². The molecular weight excluding hydrogens is 1120 g/mol. The Morgan fingerprint density at radius 1 is 0.709 bits per heavy atom. The number of allylic oxidation sites excluding steroid dienone is 2. The van der Waals surface area contributed by atoms with E-state index in [0.29, 0.717) is 38.5 Å². The average Bonchev–Trinajstić information content (AvgIpc) is 0.678. The van der Waals surface area contributed by atoms with Crippen LogP contribution in [0.1, 0.15) is 170 Å². The van der Waals surface area contributed by atoms with E-state index in [9.17, 15) is 60.3 Å². The molecule has 0 aromatic heterocycles. The van der Waals surface area contributed by atoms with Crippen LogP contribution in [0.5, 0.6) is 0 Å². The molecule has 3 aliphatic heterocycles. The Labute approximate surface area is 505 Å². The zero-order valence-electron chi connectivity index (χ0n) is 51.6. The summed E-state index contributed by atoms with van der Waals surface area (Å²) >= 11 is 0. The van der Waals surface area contributed by atoms with Gasteiger partial charge in [-0.1, -0.05) is 96.9 Å². The summed E-state index contributed by atoms with van der Waals surface area (Å²) in [6.45, 7) is 13.2. The van der Waals surface area contributed by atoms with Gasteiger partial charge in [0, 0.05) is 25.3 Å². The molecule has 0 radical (unpaired) electrons. The van der Waals surface area contributed by atoms with Crippen LogP contribution < -0.4 is 10.6 Å². The Balaban J connectivity index is 1.05. The number of rotatable bonds is 23. The first-order valence-corrected chi connectivity index (χ1v) is 31.6. The number of carbonyl (C=O) groups excluding carboxylic acids is 3. The molecule has 3 heterocycles. The van der Waals surface area contributed by atoms with Crippen molar-refractivity contribution in [2.75, 3.05) is 26.9 Å². The van der Waals surface area contributed by atoms with Gasteiger partial charge in [-0.05, 0) is 117 Å². The number of amides is 2. The third kappa shape index (κ3) is 13.3. The normalized spacial score (nSPS) is 44.6. The fraction of sp³-hybridized carbons (Fsp3) is 0.887. The molecule has 0 bridgehead atoms. The first kappa shape index (κ1) is 68.4. The van der Waals surface area contributed by atoms with E-state index in [4.69, 9.17) is 38.4 Å². The van der Waals surface area contributed by atoms with Gasteiger partial charge in [-0.25, -0.2) is 0 Å². The van der Waals surface area contributed by atoms with E-state index in [1.54, 1.807) is 6.21 Å². The molecule has 0 spiro atoms. The quantitative estimate of drug-likeness (QED) is 0.0230. The van der Waals surface area contributed by atoms with Gasteiger partial charge in [0.2, 0.25) is 12.2 Å². The lowest BCUT2D eigenvalue weighted by Crippen LogP contribution is -2.69. The molecular formula is C62H101N3O21. The van der Waals surface area contributed by atoms with Gasteiger partial charge in [0.1, 0.15) is 54.2 Å². The van der Waals surface area contributed by atoms with Crippen molar-refractivity contribution >= 4 is 30.0 Å². The van der Waals surface area contributed by atoms with Crippen molar-refractivity contribution in [3.63, 3.8) is 0 Å². The minimum absolute atomic E-state index is 0.0102. The number of fused-ring (bicyclic) bond motifs is 7.